The third-order valence-electron chi connectivity index (χ3n) is 5.46. The molecule has 0 aromatic heterocycles. The summed E-state index contributed by atoms with van der Waals surface area (Å²) in [6.45, 7) is 6.42. The Kier molecular flexibility index (Phi) is 10.8. The quantitative estimate of drug-likeness (QED) is 0.367. The van der Waals surface area contributed by atoms with Crippen LogP contribution in [0.4, 0.5) is 0 Å². The molecule has 1 rings (SSSR count). The zero-order valence-electron chi connectivity index (χ0n) is 16.5. The van der Waals surface area contributed by atoms with E-state index in [0.717, 1.165) is 25.7 Å². The zero-order chi connectivity index (χ0) is 18.7. The van der Waals surface area contributed by atoms with Gasteiger partial charge in [-0.05, 0) is 38.0 Å². The second-order valence-corrected chi connectivity index (χ2v) is 8.03. The largest absolute Gasteiger partial charge is 0.481 e. The van der Waals surface area contributed by atoms with Crippen molar-refractivity contribution in [1.82, 2.24) is 0 Å². The first-order valence-electron chi connectivity index (χ1n) is 10.4. The van der Waals surface area contributed by atoms with E-state index in [-0.39, 0.29) is 23.9 Å². The van der Waals surface area contributed by atoms with Gasteiger partial charge < -0.3 is 9.84 Å². The van der Waals surface area contributed by atoms with Crippen LogP contribution in [0.2, 0.25) is 0 Å². The van der Waals surface area contributed by atoms with E-state index in [1.165, 1.54) is 38.5 Å². The van der Waals surface area contributed by atoms with Crippen LogP contribution in [0, 0.1) is 17.8 Å². The summed E-state index contributed by atoms with van der Waals surface area (Å²) in [6.07, 6.45) is 12.4. The predicted molar refractivity (Wildman–Crippen MR) is 100 cm³/mol. The van der Waals surface area contributed by atoms with Crippen LogP contribution in [-0.4, -0.2) is 23.1 Å². The molecule has 4 heteroatoms. The van der Waals surface area contributed by atoms with Crippen LogP contribution in [0.15, 0.2) is 0 Å². The highest BCUT2D eigenvalue weighted by molar-refractivity contribution is 5.75. The van der Waals surface area contributed by atoms with Gasteiger partial charge in [0.25, 0.3) is 0 Å². The minimum Gasteiger partial charge on any atom is -0.481 e. The molecular formula is C21H38O4. The fraction of sp³-hybridized carbons (Fsp3) is 0.905. The Balaban J connectivity index is 2.33. The third kappa shape index (κ3) is 8.73. The van der Waals surface area contributed by atoms with Gasteiger partial charge in [0.2, 0.25) is 0 Å². The van der Waals surface area contributed by atoms with Crippen LogP contribution in [0.1, 0.15) is 97.8 Å². The molecule has 1 aliphatic rings. The Morgan fingerprint density at radius 2 is 1.60 bits per heavy atom. The molecule has 0 spiro atoms. The highest BCUT2D eigenvalue weighted by atomic mass is 16.5. The van der Waals surface area contributed by atoms with E-state index in [0.29, 0.717) is 18.8 Å². The van der Waals surface area contributed by atoms with Crippen molar-refractivity contribution in [3.05, 3.63) is 0 Å². The Morgan fingerprint density at radius 3 is 2.20 bits per heavy atom. The summed E-state index contributed by atoms with van der Waals surface area (Å²) in [5.41, 5.74) is 0. The summed E-state index contributed by atoms with van der Waals surface area (Å²) in [7, 11) is 0. The van der Waals surface area contributed by atoms with Gasteiger partial charge in [-0.25, -0.2) is 0 Å². The summed E-state index contributed by atoms with van der Waals surface area (Å²) in [4.78, 5) is 23.6. The van der Waals surface area contributed by atoms with E-state index in [9.17, 15) is 14.7 Å². The molecule has 4 nitrogen and oxygen atoms in total. The van der Waals surface area contributed by atoms with Gasteiger partial charge in [0.15, 0.2) is 0 Å². The molecule has 3 unspecified atom stereocenters. The number of carbonyl (C=O) groups is 2. The van der Waals surface area contributed by atoms with Crippen LogP contribution < -0.4 is 0 Å². The van der Waals surface area contributed by atoms with Crippen molar-refractivity contribution in [3.63, 3.8) is 0 Å². The molecule has 1 aliphatic carbocycles. The molecule has 1 fully saturated rings. The summed E-state index contributed by atoms with van der Waals surface area (Å²) >= 11 is 0. The lowest BCUT2D eigenvalue weighted by atomic mass is 9.81. The number of ether oxygens (including phenoxy) is 1. The maximum absolute atomic E-state index is 12.5. The summed E-state index contributed by atoms with van der Waals surface area (Å²) < 4.78 is 5.79. The van der Waals surface area contributed by atoms with Crippen molar-refractivity contribution in [2.75, 3.05) is 0 Å². The maximum Gasteiger partial charge on any atom is 0.309 e. The Hall–Kier alpha value is -1.06. The van der Waals surface area contributed by atoms with Gasteiger partial charge in [-0.15, -0.1) is 0 Å². The number of esters is 1. The fourth-order valence-corrected chi connectivity index (χ4v) is 3.70. The number of unbranched alkanes of at least 4 members (excludes halogenated alkanes) is 6. The lowest BCUT2D eigenvalue weighted by Gasteiger charge is -2.28. The first-order valence-corrected chi connectivity index (χ1v) is 10.4. The van der Waals surface area contributed by atoms with Crippen molar-refractivity contribution >= 4 is 11.9 Å². The van der Waals surface area contributed by atoms with Gasteiger partial charge in [-0.3, -0.25) is 9.59 Å². The van der Waals surface area contributed by atoms with Crippen molar-refractivity contribution in [2.45, 2.75) is 104 Å². The number of carboxylic acid groups (broad SMARTS) is 1. The molecule has 0 aromatic carbocycles. The van der Waals surface area contributed by atoms with Crippen molar-refractivity contribution < 1.29 is 19.4 Å². The van der Waals surface area contributed by atoms with Gasteiger partial charge in [0, 0.05) is 0 Å². The number of hydrogen-bond donors (Lipinski definition) is 1. The monoisotopic (exact) mass is 354 g/mol. The minimum atomic E-state index is -0.777. The zero-order valence-corrected chi connectivity index (χ0v) is 16.5. The molecular weight excluding hydrogens is 316 g/mol. The van der Waals surface area contributed by atoms with E-state index in [4.69, 9.17) is 4.74 Å². The summed E-state index contributed by atoms with van der Waals surface area (Å²) in [5.74, 6) is -1.26. The molecule has 1 saturated carbocycles. The Bertz CT molecular complexity index is 391. The van der Waals surface area contributed by atoms with E-state index in [1.54, 1.807) is 0 Å². The predicted octanol–water partition coefficient (Wildman–Crippen LogP) is 5.59. The van der Waals surface area contributed by atoms with Gasteiger partial charge >= 0.3 is 11.9 Å². The topological polar surface area (TPSA) is 63.6 Å². The molecule has 0 aliphatic heterocycles. The van der Waals surface area contributed by atoms with Crippen LogP contribution in [0.5, 0.6) is 0 Å². The van der Waals surface area contributed by atoms with E-state index in [2.05, 4.69) is 20.8 Å². The Labute approximate surface area is 153 Å². The number of carboxylic acids is 1. The SMILES string of the molecule is CCCCCCCCCC(OC(=O)C1CCCC(C(=O)O)C1)C(C)C. The van der Waals surface area contributed by atoms with Crippen LogP contribution in [0.3, 0.4) is 0 Å². The standard InChI is InChI=1S/C21H38O4/c1-4-5-6-7-8-9-10-14-19(16(2)3)25-21(24)18-13-11-12-17(15-18)20(22)23/h16-19H,4-15H2,1-3H3,(H,22,23). The molecule has 1 N–H and O–H groups in total. The van der Waals surface area contributed by atoms with Gasteiger partial charge in [0.1, 0.15) is 6.10 Å². The molecule has 0 heterocycles. The highest BCUT2D eigenvalue weighted by Crippen LogP contribution is 2.31. The minimum absolute atomic E-state index is 0.0339. The highest BCUT2D eigenvalue weighted by Gasteiger charge is 2.33. The molecule has 0 bridgehead atoms. The average Bonchev–Trinajstić information content (AvgIpc) is 2.59. The summed E-state index contributed by atoms with van der Waals surface area (Å²) in [6, 6.07) is 0. The maximum atomic E-state index is 12.5. The van der Waals surface area contributed by atoms with E-state index in [1.807, 2.05) is 0 Å². The number of rotatable bonds is 12. The van der Waals surface area contributed by atoms with Crippen LogP contribution in [0.25, 0.3) is 0 Å². The Morgan fingerprint density at radius 1 is 1.00 bits per heavy atom. The summed E-state index contributed by atoms with van der Waals surface area (Å²) in [5, 5.41) is 9.18. The number of carbonyl (C=O) groups excluding carboxylic acids is 1. The number of aliphatic carboxylic acids is 1. The molecule has 0 radical (unpaired) electrons. The molecule has 0 saturated heterocycles. The van der Waals surface area contributed by atoms with Gasteiger partial charge in [0.05, 0.1) is 11.8 Å². The smallest absolute Gasteiger partial charge is 0.309 e. The van der Waals surface area contributed by atoms with Crippen molar-refractivity contribution in [3.8, 4) is 0 Å². The molecule has 3 atom stereocenters. The number of hydrogen-bond acceptors (Lipinski definition) is 3. The molecule has 25 heavy (non-hydrogen) atoms. The lowest BCUT2D eigenvalue weighted by Crippen LogP contribution is -2.32. The van der Waals surface area contributed by atoms with Gasteiger partial charge in [-0.1, -0.05) is 65.7 Å². The first kappa shape index (κ1) is 22.0. The average molecular weight is 355 g/mol. The molecule has 146 valence electrons. The molecule has 0 aromatic rings. The second-order valence-electron chi connectivity index (χ2n) is 8.03. The fourth-order valence-electron chi connectivity index (χ4n) is 3.70. The normalized spacial score (nSPS) is 21.9. The van der Waals surface area contributed by atoms with E-state index >= 15 is 0 Å². The van der Waals surface area contributed by atoms with Gasteiger partial charge in [-0.2, -0.15) is 0 Å². The van der Waals surface area contributed by atoms with Crippen molar-refractivity contribution in [1.29, 1.82) is 0 Å². The first-order chi connectivity index (χ1) is 12.0. The van der Waals surface area contributed by atoms with Crippen molar-refractivity contribution in [2.24, 2.45) is 17.8 Å². The molecule has 0 amide bonds. The van der Waals surface area contributed by atoms with Crippen LogP contribution in [-0.2, 0) is 14.3 Å². The second kappa shape index (κ2) is 12.3. The van der Waals surface area contributed by atoms with Crippen LogP contribution >= 0.6 is 0 Å². The lowest BCUT2D eigenvalue weighted by molar-refractivity contribution is -0.159. The van der Waals surface area contributed by atoms with E-state index < -0.39 is 5.97 Å². The third-order valence-corrected chi connectivity index (χ3v) is 5.46.